The number of benzene rings is 4. The Morgan fingerprint density at radius 1 is 0.679 bits per heavy atom. The molecule has 272 valence electrons. The van der Waals surface area contributed by atoms with Gasteiger partial charge in [0.05, 0.1) is 22.9 Å². The summed E-state index contributed by atoms with van der Waals surface area (Å²) in [5.41, 5.74) is 14.3. The molecule has 7 aromatic rings. The molecule has 53 heavy (non-hydrogen) atoms. The van der Waals surface area contributed by atoms with E-state index in [9.17, 15) is 0 Å². The Hall–Kier alpha value is -5.16. The second-order valence-electron chi connectivity index (χ2n) is 15.0. The van der Waals surface area contributed by atoms with E-state index in [1.807, 2.05) is 23.0 Å². The first-order valence-electron chi connectivity index (χ1n) is 19.7. The van der Waals surface area contributed by atoms with Gasteiger partial charge in [-0.05, 0) is 133 Å². The maximum Gasteiger partial charge on any atom is 0.137 e. The average molecular weight is 703 g/mol. The Morgan fingerprint density at radius 3 is 2.09 bits per heavy atom. The molecular formula is C48H54N4O. The van der Waals surface area contributed by atoms with E-state index in [2.05, 4.69) is 139 Å². The Labute approximate surface area is 315 Å². The van der Waals surface area contributed by atoms with Crippen LogP contribution in [0.4, 0.5) is 0 Å². The molecule has 0 spiro atoms. The van der Waals surface area contributed by atoms with Gasteiger partial charge in [0.2, 0.25) is 0 Å². The predicted molar refractivity (Wildman–Crippen MR) is 223 cm³/mol. The molecule has 2 atom stereocenters. The fourth-order valence-corrected chi connectivity index (χ4v) is 8.61. The van der Waals surface area contributed by atoms with Crippen molar-refractivity contribution in [3.8, 4) is 34.1 Å². The van der Waals surface area contributed by atoms with Crippen LogP contribution in [0.5, 0.6) is 11.5 Å². The number of ether oxygens (including phenoxy) is 1. The maximum atomic E-state index is 6.61. The molecule has 0 aliphatic heterocycles. The third kappa shape index (κ3) is 6.90. The van der Waals surface area contributed by atoms with Crippen LogP contribution in [-0.2, 0) is 6.42 Å². The summed E-state index contributed by atoms with van der Waals surface area (Å²) >= 11 is 0. The van der Waals surface area contributed by atoms with E-state index in [0.717, 1.165) is 59.7 Å². The van der Waals surface area contributed by atoms with Crippen LogP contribution < -0.4 is 4.74 Å². The number of hydrogen-bond acceptors (Lipinski definition) is 3. The van der Waals surface area contributed by atoms with Crippen molar-refractivity contribution in [3.05, 3.63) is 131 Å². The molecule has 0 bridgehead atoms. The van der Waals surface area contributed by atoms with Gasteiger partial charge in [-0.15, -0.1) is 0 Å². The van der Waals surface area contributed by atoms with E-state index in [1.165, 1.54) is 68.1 Å². The molecule has 5 nitrogen and oxygen atoms in total. The van der Waals surface area contributed by atoms with Gasteiger partial charge in [-0.2, -0.15) is 5.10 Å². The van der Waals surface area contributed by atoms with E-state index in [-0.39, 0.29) is 0 Å². The van der Waals surface area contributed by atoms with Crippen LogP contribution in [0.1, 0.15) is 112 Å². The molecule has 3 aromatic heterocycles. The van der Waals surface area contributed by atoms with Crippen molar-refractivity contribution in [1.29, 1.82) is 0 Å². The zero-order valence-corrected chi connectivity index (χ0v) is 32.8. The highest BCUT2D eigenvalue weighted by Gasteiger charge is 2.26. The fourth-order valence-electron chi connectivity index (χ4n) is 8.61. The number of nitrogens with zero attached hydrogens (tertiary/aromatic N) is 4. The van der Waals surface area contributed by atoms with Gasteiger partial charge in [-0.25, -0.2) is 9.67 Å². The molecule has 0 saturated carbocycles. The zero-order chi connectivity index (χ0) is 37.2. The van der Waals surface area contributed by atoms with Crippen molar-refractivity contribution in [2.75, 3.05) is 0 Å². The Balaban J connectivity index is 1.27. The summed E-state index contributed by atoms with van der Waals surface area (Å²) in [6, 6.07) is 27.5. The molecule has 3 heterocycles. The van der Waals surface area contributed by atoms with Crippen LogP contribution in [-0.4, -0.2) is 19.3 Å². The summed E-state index contributed by atoms with van der Waals surface area (Å²) in [5, 5.41) is 7.34. The Bertz CT molecular complexity index is 2360. The van der Waals surface area contributed by atoms with Gasteiger partial charge in [0.15, 0.2) is 0 Å². The smallest absolute Gasteiger partial charge is 0.137 e. The minimum Gasteiger partial charge on any atom is -0.457 e. The predicted octanol–water partition coefficient (Wildman–Crippen LogP) is 13.5. The molecule has 0 amide bonds. The number of fused-ring (bicyclic) bond motifs is 3. The lowest BCUT2D eigenvalue weighted by Crippen LogP contribution is -2.10. The van der Waals surface area contributed by atoms with Gasteiger partial charge in [0.25, 0.3) is 0 Å². The number of rotatable bonds is 13. The fraction of sp³-hybridized carbons (Fsp3) is 0.333. The lowest BCUT2D eigenvalue weighted by atomic mass is 9.76. The van der Waals surface area contributed by atoms with Crippen LogP contribution in [0.25, 0.3) is 44.4 Å². The van der Waals surface area contributed by atoms with Crippen LogP contribution in [0.3, 0.4) is 0 Å². The third-order valence-electron chi connectivity index (χ3n) is 11.3. The monoisotopic (exact) mass is 702 g/mol. The summed E-state index contributed by atoms with van der Waals surface area (Å²) in [7, 11) is 0. The van der Waals surface area contributed by atoms with Crippen LogP contribution in [0, 0.1) is 20.8 Å². The van der Waals surface area contributed by atoms with Crippen molar-refractivity contribution in [2.24, 2.45) is 0 Å². The molecule has 0 N–H and O–H groups in total. The highest BCUT2D eigenvalue weighted by molar-refractivity contribution is 6.09. The second kappa shape index (κ2) is 15.4. The van der Waals surface area contributed by atoms with Crippen molar-refractivity contribution >= 4 is 21.8 Å². The van der Waals surface area contributed by atoms with Crippen molar-refractivity contribution in [1.82, 2.24) is 19.3 Å². The average Bonchev–Trinajstić information content (AvgIpc) is 3.77. The SMILES string of the molecule is CCCc1ccnc(-n2c3ccccc3c3ccc(Oc4cccc(-n5cc(-c6c(C(C)CCC)c(C)c(C)c(C)c6[C@H](C)CCC)cn5)c4)cc32)c1. The van der Waals surface area contributed by atoms with E-state index < -0.39 is 0 Å². The zero-order valence-electron chi connectivity index (χ0n) is 32.8. The van der Waals surface area contributed by atoms with Gasteiger partial charge < -0.3 is 4.74 Å². The molecule has 7 rings (SSSR count). The highest BCUT2D eigenvalue weighted by atomic mass is 16.5. The quantitative estimate of drug-likeness (QED) is 0.120. The summed E-state index contributed by atoms with van der Waals surface area (Å²) in [4.78, 5) is 4.82. The minimum absolute atomic E-state index is 0.467. The minimum atomic E-state index is 0.467. The molecule has 0 aliphatic carbocycles. The molecule has 4 aromatic carbocycles. The summed E-state index contributed by atoms with van der Waals surface area (Å²) in [6.07, 6.45) is 13.0. The number of aryl methyl sites for hydroxylation is 1. The molecule has 0 saturated heterocycles. The molecular weight excluding hydrogens is 649 g/mol. The Morgan fingerprint density at radius 2 is 1.38 bits per heavy atom. The summed E-state index contributed by atoms with van der Waals surface area (Å²) in [6.45, 7) is 18.6. The molecule has 1 unspecified atom stereocenters. The number of aromatic nitrogens is 4. The molecule has 0 aliphatic rings. The van der Waals surface area contributed by atoms with Gasteiger partial charge in [0, 0.05) is 40.9 Å². The first-order valence-corrected chi connectivity index (χ1v) is 19.7. The van der Waals surface area contributed by atoms with Gasteiger partial charge in [-0.1, -0.05) is 78.1 Å². The number of pyridine rings is 1. The molecule has 5 heteroatoms. The largest absolute Gasteiger partial charge is 0.457 e. The van der Waals surface area contributed by atoms with Crippen LogP contribution in [0.15, 0.2) is 97.5 Å². The lowest BCUT2D eigenvalue weighted by Gasteiger charge is -2.28. The van der Waals surface area contributed by atoms with Crippen LogP contribution >= 0.6 is 0 Å². The standard InChI is InChI=1S/C48H54N4O/c1-9-15-31(4)46-34(7)33(6)35(8)47(32(5)16-10-2)48(46)37-29-50-51(30-37)38-18-14-19-39(27-38)53-40-22-23-42-41-20-12-13-21-43(41)52(44(42)28-40)45-26-36(17-11-3)24-25-49-45/h12-14,18-32H,9-11,15-17H2,1-8H3/t31-,32?/m1/s1. The van der Waals surface area contributed by atoms with E-state index in [0.29, 0.717) is 11.8 Å². The first-order chi connectivity index (χ1) is 25.7. The van der Waals surface area contributed by atoms with Gasteiger partial charge >= 0.3 is 0 Å². The summed E-state index contributed by atoms with van der Waals surface area (Å²) < 4.78 is 10.9. The molecule has 0 fully saturated rings. The van der Waals surface area contributed by atoms with Crippen molar-refractivity contribution < 1.29 is 4.74 Å². The maximum absolute atomic E-state index is 6.61. The van der Waals surface area contributed by atoms with Crippen molar-refractivity contribution in [2.45, 2.75) is 106 Å². The van der Waals surface area contributed by atoms with E-state index >= 15 is 0 Å². The van der Waals surface area contributed by atoms with E-state index in [1.54, 1.807) is 0 Å². The summed E-state index contributed by atoms with van der Waals surface area (Å²) in [5.74, 6) is 3.40. The number of hydrogen-bond donors (Lipinski definition) is 0. The van der Waals surface area contributed by atoms with Gasteiger partial charge in [0.1, 0.15) is 17.3 Å². The topological polar surface area (TPSA) is 44.9 Å². The third-order valence-corrected chi connectivity index (χ3v) is 11.3. The lowest BCUT2D eigenvalue weighted by molar-refractivity contribution is 0.483. The van der Waals surface area contributed by atoms with E-state index in [4.69, 9.17) is 14.8 Å². The van der Waals surface area contributed by atoms with Gasteiger partial charge in [-0.3, -0.25) is 4.57 Å². The first kappa shape index (κ1) is 36.2. The normalized spacial score (nSPS) is 12.8. The second-order valence-corrected chi connectivity index (χ2v) is 15.0. The van der Waals surface area contributed by atoms with Crippen molar-refractivity contribution in [3.63, 3.8) is 0 Å². The number of para-hydroxylation sites is 1. The Kier molecular flexibility index (Phi) is 10.5. The highest BCUT2D eigenvalue weighted by Crippen LogP contribution is 2.44. The molecule has 0 radical (unpaired) electrons. The van der Waals surface area contributed by atoms with Crippen LogP contribution in [0.2, 0.25) is 0 Å².